The van der Waals surface area contributed by atoms with Crippen LogP contribution < -0.4 is 0 Å². The first-order valence-corrected chi connectivity index (χ1v) is 4.50. The van der Waals surface area contributed by atoms with Gasteiger partial charge in [-0.25, -0.2) is 0 Å². The third kappa shape index (κ3) is 1.84. The Kier molecular flexibility index (Phi) is 2.72. The summed E-state index contributed by atoms with van der Waals surface area (Å²) in [7, 11) is 0. The summed E-state index contributed by atoms with van der Waals surface area (Å²) in [5.41, 5.74) is 1.22. The molecule has 1 N–H and O–H groups in total. The van der Waals surface area contributed by atoms with E-state index in [0.717, 1.165) is 19.3 Å². The van der Waals surface area contributed by atoms with Crippen LogP contribution in [0, 0.1) is 11.8 Å². The van der Waals surface area contributed by atoms with Gasteiger partial charge in [0, 0.05) is 0 Å². The summed E-state index contributed by atoms with van der Waals surface area (Å²) < 4.78 is 0. The molecule has 3 unspecified atom stereocenters. The molecule has 0 aromatic heterocycles. The summed E-state index contributed by atoms with van der Waals surface area (Å²) in [5.74, 6) is 1.12. The zero-order valence-corrected chi connectivity index (χ0v) is 7.51. The zero-order chi connectivity index (χ0) is 8.43. The molecular formula is C10H18O. The minimum Gasteiger partial charge on any atom is -0.393 e. The number of hydrogen-bond donors (Lipinski definition) is 1. The van der Waals surface area contributed by atoms with E-state index in [1.807, 2.05) is 0 Å². The molecule has 0 amide bonds. The van der Waals surface area contributed by atoms with Crippen LogP contribution in [0.4, 0.5) is 0 Å². The minimum absolute atomic E-state index is 0.122. The Morgan fingerprint density at radius 2 is 2.27 bits per heavy atom. The first-order chi connectivity index (χ1) is 5.15. The largest absolute Gasteiger partial charge is 0.393 e. The topological polar surface area (TPSA) is 20.2 Å². The minimum atomic E-state index is -0.122. The third-order valence-electron chi connectivity index (χ3n) is 2.89. The molecule has 0 heterocycles. The summed E-state index contributed by atoms with van der Waals surface area (Å²) in [4.78, 5) is 0. The van der Waals surface area contributed by atoms with Gasteiger partial charge in [-0.15, -0.1) is 0 Å². The second-order valence-corrected chi connectivity index (χ2v) is 3.73. The van der Waals surface area contributed by atoms with Crippen molar-refractivity contribution in [2.75, 3.05) is 0 Å². The summed E-state index contributed by atoms with van der Waals surface area (Å²) in [6.07, 6.45) is 2.92. The quantitative estimate of drug-likeness (QED) is 0.575. The molecule has 0 radical (unpaired) electrons. The molecule has 1 aliphatic rings. The van der Waals surface area contributed by atoms with Crippen LogP contribution in [0.25, 0.3) is 0 Å². The van der Waals surface area contributed by atoms with Gasteiger partial charge in [0.2, 0.25) is 0 Å². The van der Waals surface area contributed by atoms with E-state index in [4.69, 9.17) is 0 Å². The molecule has 1 rings (SSSR count). The molecule has 0 spiro atoms. The van der Waals surface area contributed by atoms with Crippen LogP contribution in [-0.2, 0) is 0 Å². The molecular weight excluding hydrogens is 136 g/mol. The highest BCUT2D eigenvalue weighted by Gasteiger charge is 2.27. The molecule has 64 valence electrons. The predicted molar refractivity (Wildman–Crippen MR) is 47.3 cm³/mol. The van der Waals surface area contributed by atoms with Gasteiger partial charge < -0.3 is 5.11 Å². The first-order valence-electron chi connectivity index (χ1n) is 4.50. The Bertz CT molecular complexity index is 151. The summed E-state index contributed by atoms with van der Waals surface area (Å²) in [6, 6.07) is 0. The normalized spacial score (nSPS) is 39.2. The van der Waals surface area contributed by atoms with Crippen molar-refractivity contribution in [2.24, 2.45) is 11.8 Å². The average molecular weight is 154 g/mol. The lowest BCUT2D eigenvalue weighted by molar-refractivity contribution is 0.0737. The SMILES string of the molecule is C=C1CC(O)C(CC)CC1C. The lowest BCUT2D eigenvalue weighted by Gasteiger charge is -2.32. The predicted octanol–water partition coefficient (Wildman–Crippen LogP) is 2.36. The van der Waals surface area contributed by atoms with E-state index in [1.165, 1.54) is 5.57 Å². The smallest absolute Gasteiger partial charge is 0.0605 e. The van der Waals surface area contributed by atoms with Crippen LogP contribution >= 0.6 is 0 Å². The Balaban J connectivity index is 2.54. The fourth-order valence-corrected chi connectivity index (χ4v) is 1.85. The maximum atomic E-state index is 9.60. The summed E-state index contributed by atoms with van der Waals surface area (Å²) in [6.45, 7) is 8.31. The third-order valence-corrected chi connectivity index (χ3v) is 2.89. The molecule has 1 nitrogen and oxygen atoms in total. The van der Waals surface area contributed by atoms with Crippen LogP contribution in [0.15, 0.2) is 12.2 Å². The molecule has 1 aliphatic carbocycles. The van der Waals surface area contributed by atoms with Crippen molar-refractivity contribution < 1.29 is 5.11 Å². The molecule has 1 saturated carbocycles. The highest BCUT2D eigenvalue weighted by Crippen LogP contribution is 2.33. The molecule has 0 aromatic rings. The van der Waals surface area contributed by atoms with Crippen molar-refractivity contribution in [1.82, 2.24) is 0 Å². The van der Waals surface area contributed by atoms with E-state index >= 15 is 0 Å². The maximum Gasteiger partial charge on any atom is 0.0605 e. The average Bonchev–Trinajstić information content (AvgIpc) is 1.97. The molecule has 0 aromatic carbocycles. The van der Waals surface area contributed by atoms with E-state index in [9.17, 15) is 5.11 Å². The van der Waals surface area contributed by atoms with Crippen LogP contribution in [0.2, 0.25) is 0 Å². The second-order valence-electron chi connectivity index (χ2n) is 3.73. The maximum absolute atomic E-state index is 9.60. The fourth-order valence-electron chi connectivity index (χ4n) is 1.85. The monoisotopic (exact) mass is 154 g/mol. The van der Waals surface area contributed by atoms with E-state index in [1.54, 1.807) is 0 Å². The van der Waals surface area contributed by atoms with Crippen LogP contribution in [0.5, 0.6) is 0 Å². The standard InChI is InChI=1S/C10H18O/c1-4-9-5-7(2)8(3)6-10(9)11/h7,9-11H,3-6H2,1-2H3. The van der Waals surface area contributed by atoms with Gasteiger partial charge in [0.25, 0.3) is 0 Å². The van der Waals surface area contributed by atoms with E-state index in [-0.39, 0.29) is 6.10 Å². The summed E-state index contributed by atoms with van der Waals surface area (Å²) in [5, 5.41) is 9.60. The molecule has 0 bridgehead atoms. The van der Waals surface area contributed by atoms with Crippen molar-refractivity contribution in [3.8, 4) is 0 Å². The van der Waals surface area contributed by atoms with Crippen molar-refractivity contribution in [3.63, 3.8) is 0 Å². The van der Waals surface area contributed by atoms with Crippen molar-refractivity contribution >= 4 is 0 Å². The highest BCUT2D eigenvalue weighted by atomic mass is 16.3. The zero-order valence-electron chi connectivity index (χ0n) is 7.51. The van der Waals surface area contributed by atoms with Gasteiger partial charge in [-0.1, -0.05) is 32.4 Å². The Morgan fingerprint density at radius 3 is 2.82 bits per heavy atom. The van der Waals surface area contributed by atoms with Crippen molar-refractivity contribution in [1.29, 1.82) is 0 Å². The molecule has 0 aliphatic heterocycles. The number of hydrogen-bond acceptors (Lipinski definition) is 1. The molecule has 0 saturated heterocycles. The lowest BCUT2D eigenvalue weighted by atomic mass is 9.76. The Morgan fingerprint density at radius 1 is 1.64 bits per heavy atom. The fraction of sp³-hybridized carbons (Fsp3) is 0.800. The number of aliphatic hydroxyl groups excluding tert-OH is 1. The first kappa shape index (κ1) is 8.79. The molecule has 11 heavy (non-hydrogen) atoms. The van der Waals surface area contributed by atoms with Crippen LogP contribution in [0.3, 0.4) is 0 Å². The van der Waals surface area contributed by atoms with Gasteiger partial charge in [-0.3, -0.25) is 0 Å². The van der Waals surface area contributed by atoms with Gasteiger partial charge in [0.05, 0.1) is 6.10 Å². The lowest BCUT2D eigenvalue weighted by Crippen LogP contribution is -2.28. The van der Waals surface area contributed by atoms with E-state index in [0.29, 0.717) is 11.8 Å². The van der Waals surface area contributed by atoms with Crippen molar-refractivity contribution in [3.05, 3.63) is 12.2 Å². The highest BCUT2D eigenvalue weighted by molar-refractivity contribution is 5.06. The second kappa shape index (κ2) is 3.40. The Hall–Kier alpha value is -0.300. The van der Waals surface area contributed by atoms with E-state index in [2.05, 4.69) is 20.4 Å². The number of rotatable bonds is 1. The summed E-state index contributed by atoms with van der Waals surface area (Å²) >= 11 is 0. The molecule has 1 fully saturated rings. The van der Waals surface area contributed by atoms with Gasteiger partial charge in [0.15, 0.2) is 0 Å². The Labute approximate surface area is 69.1 Å². The van der Waals surface area contributed by atoms with Crippen molar-refractivity contribution in [2.45, 2.75) is 39.2 Å². The number of aliphatic hydroxyl groups is 1. The van der Waals surface area contributed by atoms with E-state index < -0.39 is 0 Å². The molecule has 3 atom stereocenters. The van der Waals surface area contributed by atoms with Gasteiger partial charge in [-0.2, -0.15) is 0 Å². The molecule has 1 heteroatoms. The van der Waals surface area contributed by atoms with Gasteiger partial charge in [0.1, 0.15) is 0 Å². The van der Waals surface area contributed by atoms with Gasteiger partial charge >= 0.3 is 0 Å². The van der Waals surface area contributed by atoms with Gasteiger partial charge in [-0.05, 0) is 24.7 Å². The van der Waals surface area contributed by atoms with Crippen LogP contribution in [-0.4, -0.2) is 11.2 Å². The van der Waals surface area contributed by atoms with Crippen LogP contribution in [0.1, 0.15) is 33.1 Å².